The Bertz CT molecular complexity index is 952. The molecule has 2 atom stereocenters. The van der Waals surface area contributed by atoms with E-state index in [1.54, 1.807) is 20.8 Å². The molecule has 0 aliphatic carbocycles. The van der Waals surface area contributed by atoms with Crippen LogP contribution in [0.1, 0.15) is 26.3 Å². The molecule has 2 aliphatic rings. The van der Waals surface area contributed by atoms with Crippen molar-refractivity contribution in [3.05, 3.63) is 54.1 Å². The summed E-state index contributed by atoms with van der Waals surface area (Å²) in [5, 5.41) is 0. The first-order valence-electron chi connectivity index (χ1n) is 9.35. The van der Waals surface area contributed by atoms with Crippen LogP contribution in [-0.2, 0) is 19.7 Å². The second kappa shape index (κ2) is 6.77. The summed E-state index contributed by atoms with van der Waals surface area (Å²) in [6, 6.07) is 15.5. The van der Waals surface area contributed by atoms with Crippen LogP contribution in [0.15, 0.2) is 48.5 Å². The molecule has 2 aliphatic heterocycles. The molecule has 0 N–H and O–H groups in total. The highest BCUT2D eigenvalue weighted by Crippen LogP contribution is 2.50. The first-order valence-corrected chi connectivity index (χ1v) is 9.35. The van der Waals surface area contributed by atoms with Crippen molar-refractivity contribution in [2.45, 2.75) is 38.2 Å². The van der Waals surface area contributed by atoms with Gasteiger partial charge < -0.3 is 18.9 Å². The Kier molecular flexibility index (Phi) is 4.50. The van der Waals surface area contributed by atoms with Gasteiger partial charge in [0.1, 0.15) is 18.0 Å². The summed E-state index contributed by atoms with van der Waals surface area (Å²) in [6.07, 6.45) is -2.51. The number of ether oxygens (including phenoxy) is 4. The largest absolute Gasteiger partial charge is 0.461 e. The van der Waals surface area contributed by atoms with E-state index in [4.69, 9.17) is 18.9 Å². The van der Waals surface area contributed by atoms with Crippen LogP contribution in [0.5, 0.6) is 5.75 Å². The molecule has 7 heteroatoms. The quantitative estimate of drug-likeness (QED) is 0.752. The number of amides is 2. The van der Waals surface area contributed by atoms with Crippen LogP contribution in [0, 0.1) is 0 Å². The third-order valence-electron chi connectivity index (χ3n) is 4.96. The number of methoxy groups -OCH3 is 1. The zero-order chi connectivity index (χ0) is 20.8. The van der Waals surface area contributed by atoms with Crippen LogP contribution in [0.25, 0.3) is 11.1 Å². The van der Waals surface area contributed by atoms with Crippen molar-refractivity contribution < 1.29 is 28.5 Å². The van der Waals surface area contributed by atoms with Gasteiger partial charge in [-0.25, -0.2) is 9.59 Å². The van der Waals surface area contributed by atoms with Crippen molar-refractivity contribution in [1.82, 2.24) is 4.90 Å². The number of nitrogens with zero attached hydrogens (tertiary/aromatic N) is 1. The molecule has 2 amide bonds. The molecule has 152 valence electrons. The lowest BCUT2D eigenvalue weighted by Crippen LogP contribution is -2.55. The van der Waals surface area contributed by atoms with Crippen molar-refractivity contribution in [2.24, 2.45) is 0 Å². The Morgan fingerprint density at radius 1 is 1.14 bits per heavy atom. The van der Waals surface area contributed by atoms with E-state index in [1.165, 1.54) is 7.11 Å². The molecule has 4 rings (SSSR count). The van der Waals surface area contributed by atoms with E-state index in [0.29, 0.717) is 11.3 Å². The lowest BCUT2D eigenvalue weighted by atomic mass is 9.88. The van der Waals surface area contributed by atoms with Crippen LogP contribution in [0.4, 0.5) is 9.59 Å². The van der Waals surface area contributed by atoms with Gasteiger partial charge in [-0.15, -0.1) is 0 Å². The molecular weight excluding hydrogens is 374 g/mol. The van der Waals surface area contributed by atoms with E-state index in [2.05, 4.69) is 0 Å². The molecule has 2 aromatic rings. The summed E-state index contributed by atoms with van der Waals surface area (Å²) in [5.74, 6) is 0.531. The monoisotopic (exact) mass is 397 g/mol. The topological polar surface area (TPSA) is 74.3 Å². The lowest BCUT2D eigenvalue weighted by molar-refractivity contribution is -0.120. The second-order valence-electron chi connectivity index (χ2n) is 8.06. The Labute approximate surface area is 169 Å². The van der Waals surface area contributed by atoms with Crippen LogP contribution in [0.3, 0.4) is 0 Å². The molecule has 2 heterocycles. The molecule has 0 aromatic heterocycles. The van der Waals surface area contributed by atoms with Gasteiger partial charge in [0.15, 0.2) is 5.54 Å². The van der Waals surface area contributed by atoms with Crippen LogP contribution >= 0.6 is 0 Å². The highest BCUT2D eigenvalue weighted by molar-refractivity contribution is 5.91. The number of carbonyl (C=O) groups excluding carboxylic acids is 2. The number of rotatable bonds is 2. The molecule has 1 saturated heterocycles. The maximum absolute atomic E-state index is 13.0. The van der Waals surface area contributed by atoms with Crippen LogP contribution in [-0.4, -0.2) is 42.7 Å². The summed E-state index contributed by atoms with van der Waals surface area (Å²) in [4.78, 5) is 26.5. The fourth-order valence-corrected chi connectivity index (χ4v) is 3.74. The zero-order valence-corrected chi connectivity index (χ0v) is 16.8. The van der Waals surface area contributed by atoms with Gasteiger partial charge in [-0.1, -0.05) is 36.4 Å². The number of hydrogen-bond acceptors (Lipinski definition) is 6. The van der Waals surface area contributed by atoms with Gasteiger partial charge in [0.25, 0.3) is 0 Å². The minimum atomic E-state index is -1.27. The standard InChI is InChI=1S/C22H23NO6/c1-21(2,3)29-20(25)23-19(24)27-13-22(23)16-12-15(14-8-6-5-7-9-14)10-11-17(16)28-18(22)26-4/h5-12,18H,13H2,1-4H3. The highest BCUT2D eigenvalue weighted by atomic mass is 16.7. The van der Waals surface area contributed by atoms with Crippen molar-refractivity contribution in [1.29, 1.82) is 0 Å². The third-order valence-corrected chi connectivity index (χ3v) is 4.96. The highest BCUT2D eigenvalue weighted by Gasteiger charge is 2.64. The number of hydrogen-bond donors (Lipinski definition) is 0. The number of benzene rings is 2. The Morgan fingerprint density at radius 3 is 2.52 bits per heavy atom. The van der Waals surface area contributed by atoms with Gasteiger partial charge >= 0.3 is 12.2 Å². The number of fused-ring (bicyclic) bond motifs is 2. The lowest BCUT2D eigenvalue weighted by Gasteiger charge is -2.34. The van der Waals surface area contributed by atoms with E-state index in [1.807, 2.05) is 48.5 Å². The molecule has 0 radical (unpaired) electrons. The van der Waals surface area contributed by atoms with Gasteiger partial charge in [0, 0.05) is 12.7 Å². The van der Waals surface area contributed by atoms with Gasteiger partial charge in [-0.3, -0.25) is 0 Å². The van der Waals surface area contributed by atoms with E-state index >= 15 is 0 Å². The van der Waals surface area contributed by atoms with E-state index in [0.717, 1.165) is 16.0 Å². The maximum Gasteiger partial charge on any atom is 0.420 e. The first kappa shape index (κ1) is 19.3. The Hall–Kier alpha value is -3.06. The molecule has 2 unspecified atom stereocenters. The summed E-state index contributed by atoms with van der Waals surface area (Å²) in [6.45, 7) is 5.12. The molecular formula is C22H23NO6. The van der Waals surface area contributed by atoms with Gasteiger partial charge in [0.2, 0.25) is 6.29 Å². The van der Waals surface area contributed by atoms with Gasteiger partial charge in [-0.2, -0.15) is 4.90 Å². The van der Waals surface area contributed by atoms with E-state index in [9.17, 15) is 9.59 Å². The van der Waals surface area contributed by atoms with Crippen LogP contribution < -0.4 is 4.74 Å². The molecule has 2 aromatic carbocycles. The molecule has 7 nitrogen and oxygen atoms in total. The SMILES string of the molecule is COC1Oc2ccc(-c3ccccc3)cc2C12COC(=O)N2C(=O)OC(C)(C)C. The van der Waals surface area contributed by atoms with Crippen molar-refractivity contribution in [2.75, 3.05) is 13.7 Å². The molecule has 0 saturated carbocycles. The normalized spacial score (nSPS) is 23.0. The van der Waals surface area contributed by atoms with Crippen LogP contribution in [0.2, 0.25) is 0 Å². The summed E-state index contributed by atoms with van der Waals surface area (Å²) in [7, 11) is 1.46. The molecule has 1 fully saturated rings. The van der Waals surface area contributed by atoms with Crippen molar-refractivity contribution in [3.63, 3.8) is 0 Å². The van der Waals surface area contributed by atoms with E-state index in [-0.39, 0.29) is 6.61 Å². The molecule has 0 bridgehead atoms. The number of carbonyl (C=O) groups is 2. The average molecular weight is 397 g/mol. The maximum atomic E-state index is 13.0. The fourth-order valence-electron chi connectivity index (χ4n) is 3.74. The summed E-state index contributed by atoms with van der Waals surface area (Å²) >= 11 is 0. The predicted octanol–water partition coefficient (Wildman–Crippen LogP) is 4.30. The minimum absolute atomic E-state index is 0.0885. The van der Waals surface area contributed by atoms with Crippen molar-refractivity contribution >= 4 is 12.2 Å². The smallest absolute Gasteiger partial charge is 0.420 e. The van der Waals surface area contributed by atoms with Gasteiger partial charge in [-0.05, 0) is 44.0 Å². The number of cyclic esters (lactones) is 1. The fraction of sp³-hybridized carbons (Fsp3) is 0.364. The third kappa shape index (κ3) is 3.11. The van der Waals surface area contributed by atoms with Gasteiger partial charge in [0.05, 0.1) is 0 Å². The second-order valence-corrected chi connectivity index (χ2v) is 8.06. The molecule has 1 spiro atoms. The first-order chi connectivity index (χ1) is 13.8. The van der Waals surface area contributed by atoms with Crippen molar-refractivity contribution in [3.8, 4) is 16.9 Å². The molecule has 29 heavy (non-hydrogen) atoms. The average Bonchev–Trinajstić information content (AvgIpc) is 3.19. The Balaban J connectivity index is 1.84. The Morgan fingerprint density at radius 2 is 1.86 bits per heavy atom. The summed E-state index contributed by atoms with van der Waals surface area (Å²) in [5.41, 5.74) is 0.516. The predicted molar refractivity (Wildman–Crippen MR) is 104 cm³/mol. The summed E-state index contributed by atoms with van der Waals surface area (Å²) < 4.78 is 22.2. The zero-order valence-electron chi connectivity index (χ0n) is 16.8. The van der Waals surface area contributed by atoms with E-state index < -0.39 is 29.6 Å². The minimum Gasteiger partial charge on any atom is -0.461 e. The number of imide groups is 1.